The second-order valence-corrected chi connectivity index (χ2v) is 4.61. The molecule has 1 heterocycles. The standard InChI is InChI=1S/C13H8F6N2O2/c14-12(15,16)10(13(17,18)19)7-3-1-6(2-4-7)8-5-9(11(22)23)21-20-8/h1-5,10H,(H,20,21)(H,22,23). The van der Waals surface area contributed by atoms with Crippen LogP contribution in [0.5, 0.6) is 0 Å². The van der Waals surface area contributed by atoms with Crippen molar-refractivity contribution in [3.63, 3.8) is 0 Å². The Morgan fingerprint density at radius 3 is 1.96 bits per heavy atom. The minimum absolute atomic E-state index is 0.0875. The van der Waals surface area contributed by atoms with E-state index in [9.17, 15) is 31.1 Å². The topological polar surface area (TPSA) is 66.0 Å². The molecule has 2 rings (SSSR count). The predicted octanol–water partition coefficient (Wildman–Crippen LogP) is 3.98. The van der Waals surface area contributed by atoms with Gasteiger partial charge in [-0.2, -0.15) is 31.4 Å². The Morgan fingerprint density at radius 1 is 1.04 bits per heavy atom. The van der Waals surface area contributed by atoms with Crippen molar-refractivity contribution in [2.24, 2.45) is 0 Å². The summed E-state index contributed by atoms with van der Waals surface area (Å²) in [5.41, 5.74) is -0.944. The molecule has 1 aromatic carbocycles. The van der Waals surface area contributed by atoms with E-state index in [1.54, 1.807) is 0 Å². The van der Waals surface area contributed by atoms with E-state index in [-0.39, 0.29) is 17.0 Å². The second kappa shape index (κ2) is 5.60. The minimum Gasteiger partial charge on any atom is -0.477 e. The van der Waals surface area contributed by atoms with Gasteiger partial charge < -0.3 is 5.11 Å². The molecule has 1 aromatic heterocycles. The lowest BCUT2D eigenvalue weighted by Crippen LogP contribution is -2.34. The van der Waals surface area contributed by atoms with Gasteiger partial charge in [0.2, 0.25) is 0 Å². The van der Waals surface area contributed by atoms with Crippen LogP contribution in [0.3, 0.4) is 0 Å². The molecule has 0 aliphatic rings. The molecule has 0 unspecified atom stereocenters. The van der Waals surface area contributed by atoms with Gasteiger partial charge in [-0.1, -0.05) is 24.3 Å². The third-order valence-corrected chi connectivity index (χ3v) is 3.00. The van der Waals surface area contributed by atoms with E-state index in [1.165, 1.54) is 0 Å². The zero-order valence-electron chi connectivity index (χ0n) is 11.0. The largest absolute Gasteiger partial charge is 0.477 e. The highest BCUT2D eigenvalue weighted by Crippen LogP contribution is 2.46. The fourth-order valence-electron chi connectivity index (χ4n) is 1.99. The van der Waals surface area contributed by atoms with Crippen molar-refractivity contribution in [3.05, 3.63) is 41.6 Å². The van der Waals surface area contributed by atoms with Crippen LogP contribution in [-0.2, 0) is 0 Å². The van der Waals surface area contributed by atoms with Crippen LogP contribution >= 0.6 is 0 Å². The van der Waals surface area contributed by atoms with Crippen LogP contribution in [-0.4, -0.2) is 33.6 Å². The molecular formula is C13H8F6N2O2. The maximum absolute atomic E-state index is 12.6. The van der Waals surface area contributed by atoms with Crippen molar-refractivity contribution >= 4 is 5.97 Å². The summed E-state index contributed by atoms with van der Waals surface area (Å²) < 4.78 is 75.7. The first-order valence-corrected chi connectivity index (χ1v) is 6.02. The third-order valence-electron chi connectivity index (χ3n) is 3.00. The second-order valence-electron chi connectivity index (χ2n) is 4.61. The van der Waals surface area contributed by atoms with Gasteiger partial charge in [-0.15, -0.1) is 0 Å². The number of carbonyl (C=O) groups is 1. The number of carboxylic acid groups (broad SMARTS) is 1. The van der Waals surface area contributed by atoms with Crippen LogP contribution in [0.4, 0.5) is 26.3 Å². The Bertz CT molecular complexity index is 688. The molecule has 0 saturated carbocycles. The van der Waals surface area contributed by atoms with Gasteiger partial charge in [-0.25, -0.2) is 4.79 Å². The van der Waals surface area contributed by atoms with E-state index in [2.05, 4.69) is 10.2 Å². The Labute approximate surface area is 124 Å². The van der Waals surface area contributed by atoms with Gasteiger partial charge in [0.1, 0.15) is 5.69 Å². The van der Waals surface area contributed by atoms with Gasteiger partial charge in [0.05, 0.1) is 5.69 Å². The summed E-state index contributed by atoms with van der Waals surface area (Å²) in [5, 5.41) is 14.5. The molecule has 0 saturated heterocycles. The lowest BCUT2D eigenvalue weighted by atomic mass is 9.96. The molecule has 0 fully saturated rings. The average molecular weight is 338 g/mol. The number of nitrogens with zero attached hydrogens (tertiary/aromatic N) is 1. The van der Waals surface area contributed by atoms with Crippen molar-refractivity contribution in [2.75, 3.05) is 0 Å². The van der Waals surface area contributed by atoms with Crippen molar-refractivity contribution in [1.29, 1.82) is 0 Å². The highest BCUT2D eigenvalue weighted by Gasteiger charge is 2.57. The van der Waals surface area contributed by atoms with Crippen LogP contribution in [0.2, 0.25) is 0 Å². The summed E-state index contributed by atoms with van der Waals surface area (Å²) in [4.78, 5) is 10.7. The van der Waals surface area contributed by atoms with Crippen LogP contribution in [0, 0.1) is 0 Å². The Hall–Kier alpha value is -2.52. The van der Waals surface area contributed by atoms with Crippen molar-refractivity contribution < 1.29 is 36.2 Å². The number of nitrogens with one attached hydrogen (secondary N) is 1. The van der Waals surface area contributed by atoms with E-state index in [0.29, 0.717) is 12.1 Å². The summed E-state index contributed by atoms with van der Waals surface area (Å²) in [7, 11) is 0. The lowest BCUT2D eigenvalue weighted by Gasteiger charge is -2.23. The molecular weight excluding hydrogens is 330 g/mol. The molecule has 23 heavy (non-hydrogen) atoms. The maximum atomic E-state index is 12.6. The molecule has 124 valence electrons. The predicted molar refractivity (Wildman–Crippen MR) is 65.8 cm³/mol. The molecule has 2 aromatic rings. The number of aromatic nitrogens is 2. The number of rotatable bonds is 3. The quantitative estimate of drug-likeness (QED) is 0.832. The van der Waals surface area contributed by atoms with E-state index in [1.807, 2.05) is 0 Å². The summed E-state index contributed by atoms with van der Waals surface area (Å²) in [5.74, 6) is -4.88. The summed E-state index contributed by atoms with van der Waals surface area (Å²) in [6.07, 6.45) is -10.9. The Morgan fingerprint density at radius 2 is 1.57 bits per heavy atom. The van der Waals surface area contributed by atoms with Gasteiger partial charge >= 0.3 is 18.3 Å². The maximum Gasteiger partial charge on any atom is 0.404 e. The van der Waals surface area contributed by atoms with Crippen molar-refractivity contribution in [2.45, 2.75) is 18.3 Å². The smallest absolute Gasteiger partial charge is 0.404 e. The number of benzene rings is 1. The number of alkyl halides is 6. The molecule has 0 aliphatic heterocycles. The normalized spacial score (nSPS) is 12.7. The van der Waals surface area contributed by atoms with E-state index in [0.717, 1.165) is 18.2 Å². The molecule has 0 amide bonds. The van der Waals surface area contributed by atoms with Gasteiger partial charge in [0.15, 0.2) is 5.92 Å². The zero-order valence-corrected chi connectivity index (χ0v) is 11.0. The molecule has 0 spiro atoms. The van der Waals surface area contributed by atoms with Crippen LogP contribution in [0.15, 0.2) is 30.3 Å². The number of H-pyrrole nitrogens is 1. The number of hydrogen-bond donors (Lipinski definition) is 2. The molecule has 0 bridgehead atoms. The number of aromatic amines is 1. The first-order valence-electron chi connectivity index (χ1n) is 6.02. The number of hydrogen-bond acceptors (Lipinski definition) is 2. The number of aromatic carboxylic acids is 1. The SMILES string of the molecule is O=C(O)c1cc(-c2ccc(C(C(F)(F)F)C(F)(F)F)cc2)n[nH]1. The monoisotopic (exact) mass is 338 g/mol. The molecule has 0 atom stereocenters. The first-order chi connectivity index (χ1) is 10.5. The molecule has 4 nitrogen and oxygen atoms in total. The number of halogens is 6. The zero-order chi connectivity index (χ0) is 17.4. The van der Waals surface area contributed by atoms with E-state index in [4.69, 9.17) is 5.11 Å². The van der Waals surface area contributed by atoms with Crippen LogP contribution in [0.25, 0.3) is 11.3 Å². The summed E-state index contributed by atoms with van der Waals surface area (Å²) >= 11 is 0. The fraction of sp³-hybridized carbons (Fsp3) is 0.231. The summed E-state index contributed by atoms with van der Waals surface area (Å²) in [6.45, 7) is 0. The average Bonchev–Trinajstić information content (AvgIpc) is 2.85. The highest BCUT2D eigenvalue weighted by atomic mass is 19.4. The van der Waals surface area contributed by atoms with E-state index < -0.39 is 29.8 Å². The highest BCUT2D eigenvalue weighted by molar-refractivity contribution is 5.86. The third kappa shape index (κ3) is 3.63. The lowest BCUT2D eigenvalue weighted by molar-refractivity contribution is -0.253. The van der Waals surface area contributed by atoms with Gasteiger partial charge in [0, 0.05) is 5.56 Å². The van der Waals surface area contributed by atoms with Crippen LogP contribution in [0.1, 0.15) is 22.0 Å². The first kappa shape index (κ1) is 16.8. The van der Waals surface area contributed by atoms with Gasteiger partial charge in [-0.3, -0.25) is 5.10 Å². The van der Waals surface area contributed by atoms with Crippen molar-refractivity contribution in [1.82, 2.24) is 10.2 Å². The minimum atomic E-state index is -5.47. The van der Waals surface area contributed by atoms with Crippen LogP contribution < -0.4 is 0 Å². The van der Waals surface area contributed by atoms with Crippen molar-refractivity contribution in [3.8, 4) is 11.3 Å². The number of carboxylic acids is 1. The Kier molecular flexibility index (Phi) is 4.10. The molecule has 10 heteroatoms. The fourth-order valence-corrected chi connectivity index (χ4v) is 1.99. The van der Waals surface area contributed by atoms with E-state index >= 15 is 0 Å². The molecule has 0 radical (unpaired) electrons. The van der Waals surface area contributed by atoms with Gasteiger partial charge in [-0.05, 0) is 11.6 Å². The Balaban J connectivity index is 2.36. The summed E-state index contributed by atoms with van der Waals surface area (Å²) in [6, 6.07) is 4.53. The molecule has 0 aliphatic carbocycles. The molecule has 2 N–H and O–H groups in total. The van der Waals surface area contributed by atoms with Gasteiger partial charge in [0.25, 0.3) is 0 Å².